The third-order valence-electron chi connectivity index (χ3n) is 3.68. The highest BCUT2D eigenvalue weighted by Crippen LogP contribution is 2.17. The molecule has 0 saturated carbocycles. The van der Waals surface area contributed by atoms with Crippen molar-refractivity contribution in [2.75, 3.05) is 13.6 Å². The summed E-state index contributed by atoms with van der Waals surface area (Å²) < 4.78 is 1.08. The summed E-state index contributed by atoms with van der Waals surface area (Å²) in [7, 11) is 2.00. The summed E-state index contributed by atoms with van der Waals surface area (Å²) in [5.74, 6) is 0.381. The topological polar surface area (TPSA) is 70.7 Å². The number of hydrogen-bond acceptors (Lipinski definition) is 2. The molecule has 1 amide bonds. The second-order valence-corrected chi connectivity index (χ2v) is 6.54. The smallest absolute Gasteiger partial charge is 0.248 e. The van der Waals surface area contributed by atoms with E-state index in [4.69, 9.17) is 5.73 Å². The number of hydrogen-bond donors (Lipinski definition) is 2. The van der Waals surface area contributed by atoms with Crippen LogP contribution in [0.15, 0.2) is 58.0 Å². The fraction of sp³-hybridized carbons (Fsp3) is 0.263. The van der Waals surface area contributed by atoms with Crippen LogP contribution < -0.4 is 11.1 Å². The minimum absolute atomic E-state index is 0.427. The number of rotatable bonds is 6. The number of amides is 1. The van der Waals surface area contributed by atoms with Gasteiger partial charge in [0.15, 0.2) is 5.96 Å². The lowest BCUT2D eigenvalue weighted by atomic mass is 10.1. The maximum Gasteiger partial charge on any atom is 0.248 e. The molecule has 0 saturated heterocycles. The van der Waals surface area contributed by atoms with E-state index in [9.17, 15) is 4.79 Å². The number of primary amides is 1. The molecule has 0 aliphatic rings. The van der Waals surface area contributed by atoms with Gasteiger partial charge in [0.05, 0.1) is 6.54 Å². The Hall–Kier alpha value is -2.34. The van der Waals surface area contributed by atoms with Gasteiger partial charge in [-0.15, -0.1) is 0 Å². The van der Waals surface area contributed by atoms with E-state index in [0.717, 1.165) is 29.1 Å². The Labute approximate surface area is 157 Å². The summed E-state index contributed by atoms with van der Waals surface area (Å²) >= 11 is 3.58. The largest absolute Gasteiger partial charge is 0.366 e. The first-order valence-corrected chi connectivity index (χ1v) is 8.92. The number of nitrogens with two attached hydrogens (primary N) is 1. The maximum atomic E-state index is 11.3. The van der Waals surface area contributed by atoms with Gasteiger partial charge in [-0.25, -0.2) is 4.99 Å². The quantitative estimate of drug-likeness (QED) is 0.575. The van der Waals surface area contributed by atoms with Crippen LogP contribution >= 0.6 is 15.9 Å². The summed E-state index contributed by atoms with van der Waals surface area (Å²) in [5, 5.41) is 3.30. The van der Waals surface area contributed by atoms with Crippen LogP contribution in [0, 0.1) is 0 Å². The van der Waals surface area contributed by atoms with Gasteiger partial charge in [0.2, 0.25) is 5.91 Å². The van der Waals surface area contributed by atoms with Gasteiger partial charge in [0.1, 0.15) is 0 Å². The minimum atomic E-state index is -0.427. The number of nitrogens with one attached hydrogen (secondary N) is 1. The molecule has 0 spiro atoms. The molecule has 2 aromatic carbocycles. The maximum absolute atomic E-state index is 11.3. The molecule has 0 aliphatic carbocycles. The van der Waals surface area contributed by atoms with E-state index in [1.165, 1.54) is 5.56 Å². The van der Waals surface area contributed by atoms with Crippen molar-refractivity contribution < 1.29 is 4.79 Å². The predicted octanol–water partition coefficient (Wildman–Crippen LogP) is 3.15. The van der Waals surface area contributed by atoms with Crippen LogP contribution in [-0.4, -0.2) is 30.4 Å². The van der Waals surface area contributed by atoms with Crippen LogP contribution in [0.5, 0.6) is 0 Å². The third-order valence-corrected chi connectivity index (χ3v) is 4.46. The zero-order valence-electron chi connectivity index (χ0n) is 14.5. The number of carbonyl (C=O) groups is 1. The zero-order chi connectivity index (χ0) is 18.2. The van der Waals surface area contributed by atoms with E-state index in [0.29, 0.717) is 12.1 Å². The summed E-state index contributed by atoms with van der Waals surface area (Å²) in [5.41, 5.74) is 7.97. The van der Waals surface area contributed by atoms with E-state index >= 15 is 0 Å². The molecule has 6 heteroatoms. The monoisotopic (exact) mass is 402 g/mol. The lowest BCUT2D eigenvalue weighted by Crippen LogP contribution is -2.38. The van der Waals surface area contributed by atoms with Gasteiger partial charge < -0.3 is 16.0 Å². The molecule has 0 fully saturated rings. The normalized spacial score (nSPS) is 11.2. The molecule has 0 bridgehead atoms. The number of nitrogens with zero attached hydrogens (tertiary/aromatic N) is 2. The summed E-state index contributed by atoms with van der Waals surface area (Å²) in [6, 6.07) is 15.4. The fourth-order valence-electron chi connectivity index (χ4n) is 2.42. The average Bonchev–Trinajstić information content (AvgIpc) is 2.60. The summed E-state index contributed by atoms with van der Waals surface area (Å²) in [6.45, 7) is 4.02. The highest BCUT2D eigenvalue weighted by atomic mass is 79.9. The molecule has 3 N–H and O–H groups in total. The van der Waals surface area contributed by atoms with Crippen LogP contribution in [-0.2, 0) is 13.1 Å². The Morgan fingerprint density at radius 3 is 2.68 bits per heavy atom. The zero-order valence-corrected chi connectivity index (χ0v) is 16.1. The Balaban J connectivity index is 2.13. The number of guanidine groups is 1. The van der Waals surface area contributed by atoms with Gasteiger partial charge in [-0.05, 0) is 36.2 Å². The minimum Gasteiger partial charge on any atom is -0.366 e. The molecule has 2 rings (SSSR count). The van der Waals surface area contributed by atoms with Crippen molar-refractivity contribution >= 4 is 27.8 Å². The van der Waals surface area contributed by atoms with Crippen LogP contribution in [0.4, 0.5) is 0 Å². The van der Waals surface area contributed by atoms with Crippen molar-refractivity contribution in [1.29, 1.82) is 0 Å². The predicted molar refractivity (Wildman–Crippen MR) is 105 cm³/mol. The second kappa shape index (κ2) is 9.22. The highest BCUT2D eigenvalue weighted by molar-refractivity contribution is 9.10. The fourth-order valence-corrected chi connectivity index (χ4v) is 2.83. The lowest BCUT2D eigenvalue weighted by molar-refractivity contribution is 0.1000. The van der Waals surface area contributed by atoms with Crippen molar-refractivity contribution in [3.8, 4) is 0 Å². The average molecular weight is 403 g/mol. The highest BCUT2D eigenvalue weighted by Gasteiger charge is 2.09. The molecule has 0 heterocycles. The Morgan fingerprint density at radius 2 is 2.00 bits per heavy atom. The van der Waals surface area contributed by atoms with Gasteiger partial charge in [0, 0.05) is 30.2 Å². The lowest BCUT2D eigenvalue weighted by Gasteiger charge is -2.22. The van der Waals surface area contributed by atoms with Gasteiger partial charge in [0.25, 0.3) is 0 Å². The van der Waals surface area contributed by atoms with E-state index in [1.54, 1.807) is 12.1 Å². The molecule has 0 atom stereocenters. The van der Waals surface area contributed by atoms with Gasteiger partial charge >= 0.3 is 0 Å². The molecule has 0 aromatic heterocycles. The molecule has 0 aliphatic heterocycles. The van der Waals surface area contributed by atoms with Crippen molar-refractivity contribution in [2.24, 2.45) is 10.7 Å². The Bertz CT molecular complexity index is 761. The molecular formula is C19H23BrN4O. The standard InChI is InChI=1S/C19H23BrN4O/c1-3-22-19(24(2)13-16-8-4-5-10-17(16)20)23-12-14-7-6-9-15(11-14)18(21)25/h4-11H,3,12-13H2,1-2H3,(H2,21,25)(H,22,23). The number of aliphatic imine (C=N–C) groups is 1. The van der Waals surface area contributed by atoms with Crippen LogP contribution in [0.25, 0.3) is 0 Å². The Morgan fingerprint density at radius 1 is 1.24 bits per heavy atom. The van der Waals surface area contributed by atoms with Crippen molar-refractivity contribution in [1.82, 2.24) is 10.2 Å². The summed E-state index contributed by atoms with van der Waals surface area (Å²) in [6.07, 6.45) is 0. The van der Waals surface area contributed by atoms with Crippen molar-refractivity contribution in [2.45, 2.75) is 20.0 Å². The van der Waals surface area contributed by atoms with Crippen LogP contribution in [0.1, 0.15) is 28.4 Å². The van der Waals surface area contributed by atoms with E-state index < -0.39 is 5.91 Å². The number of halogens is 1. The molecule has 0 unspecified atom stereocenters. The van der Waals surface area contributed by atoms with Crippen LogP contribution in [0.2, 0.25) is 0 Å². The summed E-state index contributed by atoms with van der Waals surface area (Å²) in [4.78, 5) is 18.0. The first-order valence-electron chi connectivity index (χ1n) is 8.13. The molecule has 25 heavy (non-hydrogen) atoms. The van der Waals surface area contributed by atoms with Gasteiger partial charge in [-0.1, -0.05) is 46.3 Å². The number of carbonyl (C=O) groups excluding carboxylic acids is 1. The molecule has 5 nitrogen and oxygen atoms in total. The molecule has 0 radical (unpaired) electrons. The number of benzene rings is 2. The second-order valence-electron chi connectivity index (χ2n) is 5.68. The third kappa shape index (κ3) is 5.60. The van der Waals surface area contributed by atoms with Gasteiger partial charge in [-0.3, -0.25) is 4.79 Å². The molecule has 132 valence electrons. The first-order chi connectivity index (χ1) is 12.0. The van der Waals surface area contributed by atoms with E-state index in [-0.39, 0.29) is 0 Å². The van der Waals surface area contributed by atoms with E-state index in [2.05, 4.69) is 37.2 Å². The van der Waals surface area contributed by atoms with Crippen LogP contribution in [0.3, 0.4) is 0 Å². The van der Waals surface area contributed by atoms with Crippen molar-refractivity contribution in [3.05, 3.63) is 69.7 Å². The van der Waals surface area contributed by atoms with E-state index in [1.807, 2.05) is 44.3 Å². The van der Waals surface area contributed by atoms with Gasteiger partial charge in [-0.2, -0.15) is 0 Å². The molecule has 2 aromatic rings. The first kappa shape index (κ1) is 19.0. The SMILES string of the molecule is CCNC(=NCc1cccc(C(N)=O)c1)N(C)Cc1ccccc1Br. The Kier molecular flexibility index (Phi) is 7.01. The molecular weight excluding hydrogens is 380 g/mol. The van der Waals surface area contributed by atoms with Crippen molar-refractivity contribution in [3.63, 3.8) is 0 Å².